The van der Waals surface area contributed by atoms with Crippen LogP contribution in [0.5, 0.6) is 0 Å². The largest absolute Gasteiger partial charge is 0.350 e. The Labute approximate surface area is 224 Å². The van der Waals surface area contributed by atoms with Gasteiger partial charge in [-0.2, -0.15) is 0 Å². The molecule has 4 N–H and O–H groups in total. The lowest BCUT2D eigenvalue weighted by molar-refractivity contribution is -0.201. The number of rotatable bonds is 11. The van der Waals surface area contributed by atoms with Gasteiger partial charge in [-0.25, -0.2) is 24.6 Å². The van der Waals surface area contributed by atoms with Gasteiger partial charge < -0.3 is 4.74 Å². The predicted octanol–water partition coefficient (Wildman–Crippen LogP) is 3.40. The van der Waals surface area contributed by atoms with Gasteiger partial charge in [0, 0.05) is 19.3 Å². The molecule has 2 aromatic rings. The lowest BCUT2D eigenvalue weighted by atomic mass is 9.81. The van der Waals surface area contributed by atoms with Gasteiger partial charge in [0.15, 0.2) is 20.9 Å². The van der Waals surface area contributed by atoms with Crippen molar-refractivity contribution in [3.8, 4) is 0 Å². The molecule has 0 radical (unpaired) electrons. The highest BCUT2D eigenvalue weighted by Crippen LogP contribution is 2.41. The summed E-state index contributed by atoms with van der Waals surface area (Å²) >= 11 is 0. The average molecular weight is 544 g/mol. The van der Waals surface area contributed by atoms with Gasteiger partial charge in [-0.1, -0.05) is 67.6 Å². The zero-order valence-corrected chi connectivity index (χ0v) is 22.9. The number of hydroxylamine groups is 1. The van der Waals surface area contributed by atoms with Crippen LogP contribution in [-0.2, 0) is 33.7 Å². The highest BCUT2D eigenvalue weighted by Gasteiger charge is 2.50. The average Bonchev–Trinajstić information content (AvgIpc) is 2.91. The molecular formula is C28H37N3O6S. The van der Waals surface area contributed by atoms with E-state index in [4.69, 9.17) is 15.4 Å². The second-order valence-electron chi connectivity index (χ2n) is 9.44. The molecule has 0 bridgehead atoms. The van der Waals surface area contributed by atoms with Gasteiger partial charge in [0.25, 0.3) is 11.8 Å². The van der Waals surface area contributed by atoms with Crippen molar-refractivity contribution in [1.29, 1.82) is 0 Å². The second kappa shape index (κ2) is 13.1. The van der Waals surface area contributed by atoms with Crippen molar-refractivity contribution in [2.24, 2.45) is 5.84 Å². The van der Waals surface area contributed by atoms with Crippen molar-refractivity contribution in [3.63, 3.8) is 0 Å². The minimum Gasteiger partial charge on any atom is -0.350 e. The lowest BCUT2D eigenvalue weighted by Gasteiger charge is -2.33. The molecule has 1 unspecified atom stereocenters. The van der Waals surface area contributed by atoms with Crippen LogP contribution < -0.4 is 16.7 Å². The van der Waals surface area contributed by atoms with Crippen LogP contribution in [0, 0.1) is 6.92 Å². The Balaban J connectivity index is 2.09. The molecule has 3 rings (SSSR count). The first kappa shape index (κ1) is 29.5. The summed E-state index contributed by atoms with van der Waals surface area (Å²) < 4.78 is 30.0. The van der Waals surface area contributed by atoms with Crippen LogP contribution in [0.25, 0.3) is 6.08 Å². The monoisotopic (exact) mass is 543 g/mol. The van der Waals surface area contributed by atoms with Gasteiger partial charge in [-0.3, -0.25) is 15.0 Å². The number of ether oxygens (including phenoxy) is 1. The van der Waals surface area contributed by atoms with Gasteiger partial charge in [0.2, 0.25) is 0 Å². The first-order chi connectivity index (χ1) is 18.2. The van der Waals surface area contributed by atoms with Crippen LogP contribution in [0.15, 0.2) is 54.6 Å². The Kier molecular flexibility index (Phi) is 10.2. The third-order valence-corrected chi connectivity index (χ3v) is 8.92. The smallest absolute Gasteiger partial charge is 0.259 e. The fourth-order valence-electron chi connectivity index (χ4n) is 4.97. The summed E-state index contributed by atoms with van der Waals surface area (Å²) in [5.74, 6) is 3.28. The number of hydrogen-bond acceptors (Lipinski definition) is 7. The maximum Gasteiger partial charge on any atom is 0.259 e. The van der Waals surface area contributed by atoms with Crippen LogP contribution in [0.2, 0.25) is 0 Å². The highest BCUT2D eigenvalue weighted by atomic mass is 32.2. The number of nitrogens with two attached hydrogens (primary N) is 1. The third kappa shape index (κ3) is 6.50. The van der Waals surface area contributed by atoms with E-state index in [9.17, 15) is 18.0 Å². The summed E-state index contributed by atoms with van der Waals surface area (Å²) in [7, 11) is -4.03. The molecule has 10 heteroatoms. The van der Waals surface area contributed by atoms with Crippen molar-refractivity contribution in [2.75, 3.05) is 12.9 Å². The molecule has 0 aromatic heterocycles. The number of sulfone groups is 1. The number of carbonyl (C=O) groups excluding carboxylic acids is 2. The fraction of sp³-hybridized carbons (Fsp3) is 0.429. The summed E-state index contributed by atoms with van der Waals surface area (Å²) in [4.78, 5) is 32.3. The standard InChI is InChI=1S/C28H37N3O6S/c1-4-28(27(33)30-29,38(3,34)35)23-17-10-12-20(2)25(23)22(16-11-15-21-13-6-5-7-14-21)26(32)31-37-24-18-8-9-19-36-24/h5-7,10-15,17,22,24H,4,8-9,16,18-19,29H2,1-3H3,(H,30,33)(H,31,32)/b15-11+/t22-,24?,28+/m0/s1. The predicted molar refractivity (Wildman–Crippen MR) is 146 cm³/mol. The summed E-state index contributed by atoms with van der Waals surface area (Å²) in [6.45, 7) is 3.94. The van der Waals surface area contributed by atoms with E-state index in [1.165, 1.54) is 0 Å². The zero-order valence-electron chi connectivity index (χ0n) is 22.1. The summed E-state index contributed by atoms with van der Waals surface area (Å²) in [6, 6.07) is 14.6. The SMILES string of the molecule is CC[C@](C(=O)NN)(c1cccc(C)c1[C@H](C/C=C/c1ccccc1)C(=O)NOC1CCCCO1)S(C)(=O)=O. The highest BCUT2D eigenvalue weighted by molar-refractivity contribution is 7.92. The number of nitrogens with one attached hydrogen (secondary N) is 2. The van der Waals surface area contributed by atoms with E-state index in [2.05, 4.69) is 5.48 Å². The van der Waals surface area contributed by atoms with Gasteiger partial charge in [0.05, 0.1) is 5.92 Å². The first-order valence-corrected chi connectivity index (χ1v) is 14.6. The van der Waals surface area contributed by atoms with E-state index >= 15 is 0 Å². The summed E-state index contributed by atoms with van der Waals surface area (Å²) in [6.07, 6.45) is 6.84. The number of amides is 2. The van der Waals surface area contributed by atoms with E-state index in [-0.39, 0.29) is 18.4 Å². The number of hydrazine groups is 1. The van der Waals surface area contributed by atoms with Crippen molar-refractivity contribution in [1.82, 2.24) is 10.9 Å². The van der Waals surface area contributed by atoms with Gasteiger partial charge in [-0.15, -0.1) is 0 Å². The van der Waals surface area contributed by atoms with Crippen LogP contribution >= 0.6 is 0 Å². The van der Waals surface area contributed by atoms with E-state index in [1.54, 1.807) is 32.0 Å². The van der Waals surface area contributed by atoms with Gasteiger partial charge in [0.1, 0.15) is 0 Å². The molecule has 1 aliphatic heterocycles. The number of carbonyl (C=O) groups is 2. The van der Waals surface area contributed by atoms with Crippen molar-refractivity contribution >= 4 is 27.7 Å². The minimum atomic E-state index is -4.03. The van der Waals surface area contributed by atoms with Crippen molar-refractivity contribution < 1.29 is 27.6 Å². The van der Waals surface area contributed by atoms with Gasteiger partial charge >= 0.3 is 0 Å². The topological polar surface area (TPSA) is 137 Å². The van der Waals surface area contributed by atoms with Crippen LogP contribution in [0.3, 0.4) is 0 Å². The number of hydrogen-bond donors (Lipinski definition) is 3. The Morgan fingerprint density at radius 1 is 1.18 bits per heavy atom. The third-order valence-electron chi connectivity index (χ3n) is 6.96. The number of aryl methyl sites for hydroxylation is 1. The molecule has 206 valence electrons. The number of allylic oxidation sites excluding steroid dienone is 1. The normalized spacial score (nSPS) is 18.5. The fourth-order valence-corrected chi connectivity index (χ4v) is 6.47. The number of benzene rings is 2. The van der Waals surface area contributed by atoms with E-state index in [0.717, 1.165) is 24.7 Å². The van der Waals surface area contributed by atoms with Crippen molar-refractivity contribution in [2.45, 2.75) is 62.9 Å². The van der Waals surface area contributed by atoms with E-state index in [0.29, 0.717) is 24.2 Å². The molecule has 0 aliphatic carbocycles. The Bertz CT molecular complexity index is 1240. The summed E-state index contributed by atoms with van der Waals surface area (Å²) in [5.41, 5.74) is 6.83. The first-order valence-electron chi connectivity index (χ1n) is 12.7. The molecule has 3 atom stereocenters. The van der Waals surface area contributed by atoms with Crippen LogP contribution in [0.1, 0.15) is 67.2 Å². The van der Waals surface area contributed by atoms with Gasteiger partial charge in [-0.05, 0) is 54.9 Å². The molecular weight excluding hydrogens is 506 g/mol. The molecule has 1 saturated heterocycles. The maximum atomic E-state index is 13.6. The molecule has 38 heavy (non-hydrogen) atoms. The molecule has 1 fully saturated rings. The molecule has 9 nitrogen and oxygen atoms in total. The second-order valence-corrected chi connectivity index (χ2v) is 11.7. The molecule has 1 heterocycles. The molecule has 1 aliphatic rings. The Morgan fingerprint density at radius 2 is 1.92 bits per heavy atom. The maximum absolute atomic E-state index is 13.6. The lowest BCUT2D eigenvalue weighted by Crippen LogP contribution is -2.52. The summed E-state index contributed by atoms with van der Waals surface area (Å²) in [5, 5.41) is 0. The minimum absolute atomic E-state index is 0.0775. The zero-order chi connectivity index (χ0) is 27.8. The molecule has 2 amide bonds. The van der Waals surface area contributed by atoms with E-state index in [1.807, 2.05) is 47.9 Å². The van der Waals surface area contributed by atoms with Crippen LogP contribution in [0.4, 0.5) is 0 Å². The quantitative estimate of drug-likeness (QED) is 0.224. The Morgan fingerprint density at radius 3 is 2.53 bits per heavy atom. The Hall–Kier alpha value is -3.05. The van der Waals surface area contributed by atoms with Crippen molar-refractivity contribution in [3.05, 3.63) is 76.9 Å². The molecule has 2 aromatic carbocycles. The molecule has 0 saturated carbocycles. The molecule has 0 spiro atoms. The van der Waals surface area contributed by atoms with Crippen LogP contribution in [-0.4, -0.2) is 39.4 Å². The van der Waals surface area contributed by atoms with E-state index < -0.39 is 38.6 Å².